The van der Waals surface area contributed by atoms with Gasteiger partial charge in [0.05, 0.1) is 37.0 Å². The van der Waals surface area contributed by atoms with Gasteiger partial charge in [-0.1, -0.05) is 0 Å². The topological polar surface area (TPSA) is 144 Å². The molecule has 0 aliphatic carbocycles. The molecule has 1 unspecified atom stereocenters. The minimum absolute atomic E-state index is 0.0529. The number of nitrogens with zero attached hydrogens (tertiary/aromatic N) is 4. The van der Waals surface area contributed by atoms with E-state index in [2.05, 4.69) is 25.0 Å². The SMILES string of the molecule is COC(=O)c1cc(NC(=O)OCC2COc3c(cc(C)c4nc(-c5cc(C)cc6nc(OC)cnc56)sc34)O2)ccn1. The minimum Gasteiger partial charge on any atom is -0.484 e. The summed E-state index contributed by atoms with van der Waals surface area (Å²) in [6.45, 7) is 4.08. The van der Waals surface area contributed by atoms with Crippen LogP contribution in [-0.2, 0) is 9.47 Å². The fourth-order valence-corrected chi connectivity index (χ4v) is 5.70. The lowest BCUT2D eigenvalue weighted by Gasteiger charge is -2.26. The number of nitrogens with one attached hydrogen (secondary N) is 1. The van der Waals surface area contributed by atoms with Crippen LogP contribution in [-0.4, -0.2) is 65.5 Å². The number of esters is 1. The molecule has 42 heavy (non-hydrogen) atoms. The fourth-order valence-electron chi connectivity index (χ4n) is 4.55. The summed E-state index contributed by atoms with van der Waals surface area (Å²) < 4.78 is 28.4. The lowest BCUT2D eigenvalue weighted by atomic mass is 10.1. The molecule has 0 spiro atoms. The van der Waals surface area contributed by atoms with E-state index in [0.717, 1.165) is 42.9 Å². The van der Waals surface area contributed by atoms with Crippen molar-refractivity contribution in [2.75, 3.05) is 32.8 Å². The molecule has 6 rings (SSSR count). The molecule has 0 bridgehead atoms. The van der Waals surface area contributed by atoms with Crippen molar-refractivity contribution < 1.29 is 33.3 Å². The van der Waals surface area contributed by atoms with Crippen LogP contribution in [0.1, 0.15) is 21.6 Å². The number of carbonyl (C=O) groups is 2. The normalized spacial score (nSPS) is 14.0. The predicted molar refractivity (Wildman–Crippen MR) is 155 cm³/mol. The highest BCUT2D eigenvalue weighted by Crippen LogP contribution is 2.46. The molecule has 1 N–H and O–H groups in total. The average molecular weight is 588 g/mol. The quantitative estimate of drug-likeness (QED) is 0.265. The number of ether oxygens (including phenoxy) is 5. The fraction of sp³-hybridized carbons (Fsp3) is 0.241. The molecule has 12 nitrogen and oxygen atoms in total. The van der Waals surface area contributed by atoms with Gasteiger partial charge in [0, 0.05) is 17.4 Å². The second-order valence-corrected chi connectivity index (χ2v) is 10.5. The molecule has 1 atom stereocenters. The highest BCUT2D eigenvalue weighted by Gasteiger charge is 2.27. The second-order valence-electron chi connectivity index (χ2n) is 9.51. The van der Waals surface area contributed by atoms with Crippen LogP contribution in [0, 0.1) is 13.8 Å². The molecule has 0 radical (unpaired) electrons. The summed E-state index contributed by atoms with van der Waals surface area (Å²) in [6.07, 6.45) is 1.74. The molecule has 13 heteroatoms. The number of pyridine rings is 1. The maximum Gasteiger partial charge on any atom is 0.411 e. The standard InChI is InChI=1S/C29H25N5O7S/c1-14-7-18(24-19(8-14)33-22(37-3)11-31-24)27-34-23-15(2)9-21-25(26(23)42-27)39-12-17(41-21)13-40-29(36)32-16-5-6-30-20(10-16)28(35)38-4/h5-11,17H,12-13H2,1-4H3,(H,30,32,36). The Morgan fingerprint density at radius 3 is 2.76 bits per heavy atom. The first kappa shape index (κ1) is 27.1. The first-order valence-electron chi connectivity index (χ1n) is 12.9. The number of fused-ring (bicyclic) bond motifs is 4. The van der Waals surface area contributed by atoms with Crippen molar-refractivity contribution in [3.05, 3.63) is 59.5 Å². The molecule has 0 saturated heterocycles. The molecule has 4 heterocycles. The Morgan fingerprint density at radius 1 is 1.10 bits per heavy atom. The van der Waals surface area contributed by atoms with E-state index >= 15 is 0 Å². The van der Waals surface area contributed by atoms with Crippen molar-refractivity contribution in [3.8, 4) is 28.0 Å². The number of aryl methyl sites for hydroxylation is 2. The largest absolute Gasteiger partial charge is 0.484 e. The Morgan fingerprint density at radius 2 is 1.95 bits per heavy atom. The van der Waals surface area contributed by atoms with Crippen molar-refractivity contribution in [1.29, 1.82) is 0 Å². The smallest absolute Gasteiger partial charge is 0.411 e. The molecule has 0 saturated carbocycles. The average Bonchev–Trinajstić information content (AvgIpc) is 3.45. The summed E-state index contributed by atoms with van der Waals surface area (Å²) in [5.74, 6) is 0.972. The minimum atomic E-state index is -0.712. The summed E-state index contributed by atoms with van der Waals surface area (Å²) in [5, 5.41) is 3.35. The van der Waals surface area contributed by atoms with Gasteiger partial charge < -0.3 is 23.7 Å². The van der Waals surface area contributed by atoms with E-state index in [4.69, 9.17) is 23.9 Å². The van der Waals surface area contributed by atoms with Crippen molar-refractivity contribution >= 4 is 50.3 Å². The number of hydrogen-bond acceptors (Lipinski definition) is 12. The van der Waals surface area contributed by atoms with Crippen molar-refractivity contribution in [1.82, 2.24) is 19.9 Å². The molecule has 5 aromatic rings. The van der Waals surface area contributed by atoms with Gasteiger partial charge in [-0.25, -0.2) is 29.5 Å². The Balaban J connectivity index is 1.20. The van der Waals surface area contributed by atoms with Crippen LogP contribution in [0.3, 0.4) is 0 Å². The lowest BCUT2D eigenvalue weighted by Crippen LogP contribution is -2.35. The summed E-state index contributed by atoms with van der Waals surface area (Å²) in [5.41, 5.74) is 5.48. The summed E-state index contributed by atoms with van der Waals surface area (Å²) in [6, 6.07) is 8.80. The van der Waals surface area contributed by atoms with Gasteiger partial charge in [-0.15, -0.1) is 11.3 Å². The van der Waals surface area contributed by atoms with E-state index < -0.39 is 18.2 Å². The molecule has 1 amide bonds. The van der Waals surface area contributed by atoms with E-state index in [0.29, 0.717) is 23.1 Å². The van der Waals surface area contributed by atoms with E-state index in [9.17, 15) is 9.59 Å². The molecule has 3 aromatic heterocycles. The first-order chi connectivity index (χ1) is 20.3. The van der Waals surface area contributed by atoms with Crippen LogP contribution >= 0.6 is 11.3 Å². The molecule has 1 aliphatic rings. The van der Waals surface area contributed by atoms with Gasteiger partial charge >= 0.3 is 12.1 Å². The van der Waals surface area contributed by atoms with Gasteiger partial charge in [0.15, 0.2) is 17.6 Å². The van der Waals surface area contributed by atoms with Crippen molar-refractivity contribution in [2.45, 2.75) is 20.0 Å². The number of thiazole rings is 1. The number of aromatic nitrogens is 4. The zero-order valence-electron chi connectivity index (χ0n) is 23.1. The van der Waals surface area contributed by atoms with Gasteiger partial charge in [0.1, 0.15) is 28.6 Å². The van der Waals surface area contributed by atoms with Crippen LogP contribution in [0.2, 0.25) is 0 Å². The predicted octanol–water partition coefficient (Wildman–Crippen LogP) is 5.10. The van der Waals surface area contributed by atoms with Gasteiger partial charge in [-0.2, -0.15) is 0 Å². The molecule has 1 aliphatic heterocycles. The van der Waals surface area contributed by atoms with E-state index in [-0.39, 0.29) is 18.9 Å². The first-order valence-corrected chi connectivity index (χ1v) is 13.7. The number of hydrogen-bond donors (Lipinski definition) is 1. The third-order valence-corrected chi connectivity index (χ3v) is 7.58. The van der Waals surface area contributed by atoms with Gasteiger partial charge in [0.25, 0.3) is 0 Å². The van der Waals surface area contributed by atoms with E-state index in [1.807, 2.05) is 32.0 Å². The molecular weight excluding hydrogens is 562 g/mol. The zero-order valence-corrected chi connectivity index (χ0v) is 23.9. The highest BCUT2D eigenvalue weighted by atomic mass is 32.1. The summed E-state index contributed by atoms with van der Waals surface area (Å²) in [7, 11) is 2.81. The summed E-state index contributed by atoms with van der Waals surface area (Å²) in [4.78, 5) is 42.0. The lowest BCUT2D eigenvalue weighted by molar-refractivity contribution is 0.0383. The second kappa shape index (κ2) is 11.1. The Bertz CT molecular complexity index is 1860. The van der Waals surface area contributed by atoms with Crippen LogP contribution < -0.4 is 19.5 Å². The molecule has 214 valence electrons. The Labute approximate surface area is 243 Å². The van der Waals surface area contributed by atoms with Crippen molar-refractivity contribution in [3.63, 3.8) is 0 Å². The highest BCUT2D eigenvalue weighted by molar-refractivity contribution is 7.22. The van der Waals surface area contributed by atoms with E-state index in [1.165, 1.54) is 36.8 Å². The third kappa shape index (κ3) is 5.21. The number of methoxy groups -OCH3 is 2. The number of carbonyl (C=O) groups excluding carboxylic acids is 2. The molecular formula is C29H25N5O7S. The monoisotopic (exact) mass is 587 g/mol. The van der Waals surface area contributed by atoms with Gasteiger partial charge in [-0.05, 0) is 55.3 Å². The van der Waals surface area contributed by atoms with Crippen LogP contribution in [0.4, 0.5) is 10.5 Å². The van der Waals surface area contributed by atoms with E-state index in [1.54, 1.807) is 13.3 Å². The third-order valence-electron chi connectivity index (χ3n) is 6.50. The van der Waals surface area contributed by atoms with Gasteiger partial charge in [-0.3, -0.25) is 5.32 Å². The number of amides is 1. The van der Waals surface area contributed by atoms with Gasteiger partial charge in [0.2, 0.25) is 5.88 Å². The number of rotatable bonds is 6. The van der Waals surface area contributed by atoms with Crippen LogP contribution in [0.5, 0.6) is 17.4 Å². The van der Waals surface area contributed by atoms with Crippen LogP contribution in [0.25, 0.3) is 31.8 Å². The number of anilines is 1. The molecule has 0 fully saturated rings. The summed E-state index contributed by atoms with van der Waals surface area (Å²) >= 11 is 1.49. The van der Waals surface area contributed by atoms with Crippen molar-refractivity contribution in [2.24, 2.45) is 0 Å². The maximum absolute atomic E-state index is 12.4. The molecule has 2 aromatic carbocycles. The Kier molecular flexibility index (Phi) is 7.17. The Hall–Kier alpha value is -5.04. The maximum atomic E-state index is 12.4. The van der Waals surface area contributed by atoms with Crippen LogP contribution in [0.15, 0.2) is 42.7 Å². The number of benzene rings is 2. The zero-order chi connectivity index (χ0) is 29.4.